The highest BCUT2D eigenvalue weighted by Gasteiger charge is 2.46. The monoisotopic (exact) mass is 318 g/mol. The van der Waals surface area contributed by atoms with E-state index in [4.69, 9.17) is 0 Å². The van der Waals surface area contributed by atoms with Gasteiger partial charge in [0.25, 0.3) is 0 Å². The van der Waals surface area contributed by atoms with E-state index in [1.807, 2.05) is 6.92 Å². The Kier molecular flexibility index (Phi) is 3.94. The fourth-order valence-electron chi connectivity index (χ4n) is 2.67. The van der Waals surface area contributed by atoms with Crippen LogP contribution in [0.4, 0.5) is 14.6 Å². The third kappa shape index (κ3) is 3.28. The van der Waals surface area contributed by atoms with Crippen molar-refractivity contribution in [2.75, 3.05) is 5.43 Å². The highest BCUT2D eigenvalue weighted by atomic mass is 19.1. The Morgan fingerprint density at radius 1 is 1.22 bits per heavy atom. The number of hydrogen-bond acceptors (Lipinski definition) is 4. The number of hydrazine groups is 1. The predicted octanol–water partition coefficient (Wildman–Crippen LogP) is 2.62. The summed E-state index contributed by atoms with van der Waals surface area (Å²) in [5.41, 5.74) is 6.00. The molecule has 1 aliphatic carbocycles. The van der Waals surface area contributed by atoms with E-state index in [1.54, 1.807) is 13.0 Å². The first-order chi connectivity index (χ1) is 11.0. The number of nitrogens with zero attached hydrogens (tertiary/aromatic N) is 2. The van der Waals surface area contributed by atoms with Crippen LogP contribution in [0.3, 0.4) is 0 Å². The number of halogens is 2. The summed E-state index contributed by atoms with van der Waals surface area (Å²) < 4.78 is 27.4. The minimum atomic E-state index is -0.611. The third-order valence-corrected chi connectivity index (χ3v) is 3.78. The minimum absolute atomic E-state index is 0.0126. The van der Waals surface area contributed by atoms with E-state index in [1.165, 1.54) is 18.2 Å². The molecule has 2 aromatic rings. The lowest BCUT2D eigenvalue weighted by Gasteiger charge is -2.09. The van der Waals surface area contributed by atoms with E-state index in [0.29, 0.717) is 18.1 Å². The first-order valence-electron chi connectivity index (χ1n) is 7.28. The summed E-state index contributed by atoms with van der Waals surface area (Å²) in [6.07, 6.45) is 0.424. The molecular formula is C16H16F2N4O. The zero-order valence-electron chi connectivity index (χ0n) is 12.7. The molecule has 3 rings (SSSR count). The summed E-state index contributed by atoms with van der Waals surface area (Å²) in [6, 6.07) is 5.41. The van der Waals surface area contributed by atoms with Crippen molar-refractivity contribution in [3.8, 4) is 0 Å². The average molecular weight is 318 g/mol. The second-order valence-electron chi connectivity index (χ2n) is 5.64. The molecule has 1 heterocycles. The van der Waals surface area contributed by atoms with Crippen molar-refractivity contribution in [3.63, 3.8) is 0 Å². The Balaban J connectivity index is 1.62. The van der Waals surface area contributed by atoms with E-state index >= 15 is 0 Å². The van der Waals surface area contributed by atoms with Crippen LogP contribution >= 0.6 is 0 Å². The van der Waals surface area contributed by atoms with Crippen LogP contribution in [0.15, 0.2) is 24.3 Å². The summed E-state index contributed by atoms with van der Waals surface area (Å²) >= 11 is 0. The normalized spacial score (nSPS) is 19.3. The van der Waals surface area contributed by atoms with Crippen LogP contribution in [0.25, 0.3) is 0 Å². The first-order valence-corrected chi connectivity index (χ1v) is 7.28. The molecular weight excluding hydrogens is 302 g/mol. The highest BCUT2D eigenvalue weighted by Crippen LogP contribution is 2.49. The van der Waals surface area contributed by atoms with Gasteiger partial charge in [0.15, 0.2) is 0 Å². The van der Waals surface area contributed by atoms with Gasteiger partial charge in [-0.3, -0.25) is 15.6 Å². The van der Waals surface area contributed by atoms with Gasteiger partial charge in [-0.05, 0) is 32.4 Å². The maximum Gasteiger partial charge on any atom is 0.242 e. The number of amides is 1. The molecule has 0 radical (unpaired) electrons. The molecule has 0 spiro atoms. The molecule has 1 fully saturated rings. The van der Waals surface area contributed by atoms with Gasteiger partial charge in [0.05, 0.1) is 0 Å². The molecule has 1 aliphatic rings. The number of carbonyl (C=O) groups excluding carboxylic acids is 1. The third-order valence-electron chi connectivity index (χ3n) is 3.78. The summed E-state index contributed by atoms with van der Waals surface area (Å²) in [4.78, 5) is 20.4. The Labute approximate surface area is 132 Å². The van der Waals surface area contributed by atoms with E-state index in [-0.39, 0.29) is 11.5 Å². The summed E-state index contributed by atoms with van der Waals surface area (Å²) in [7, 11) is 0. The lowest BCUT2D eigenvalue weighted by molar-refractivity contribution is -0.121. The molecule has 1 amide bonds. The van der Waals surface area contributed by atoms with Gasteiger partial charge in [-0.2, -0.15) is 0 Å². The number of rotatable bonds is 4. The number of hydrogen-bond donors (Lipinski definition) is 2. The number of benzene rings is 1. The van der Waals surface area contributed by atoms with Crippen LogP contribution in [0, 0.1) is 31.4 Å². The molecule has 0 bridgehead atoms. The molecule has 23 heavy (non-hydrogen) atoms. The maximum atomic E-state index is 13.7. The molecule has 2 atom stereocenters. The number of anilines is 1. The number of aryl methyl sites for hydroxylation is 2. The molecule has 7 heteroatoms. The molecule has 0 aliphatic heterocycles. The van der Waals surface area contributed by atoms with Crippen molar-refractivity contribution in [1.82, 2.24) is 15.4 Å². The van der Waals surface area contributed by atoms with Crippen molar-refractivity contribution >= 4 is 11.7 Å². The van der Waals surface area contributed by atoms with Crippen molar-refractivity contribution < 1.29 is 13.6 Å². The SMILES string of the molecule is Cc1cc(NNC(=O)[C@H]2C[C@H]2c2c(F)cccc2F)nc(C)n1. The van der Waals surface area contributed by atoms with Gasteiger partial charge >= 0.3 is 0 Å². The maximum absolute atomic E-state index is 13.7. The second kappa shape index (κ2) is 5.91. The van der Waals surface area contributed by atoms with Crippen LogP contribution in [0.2, 0.25) is 0 Å². The van der Waals surface area contributed by atoms with E-state index in [2.05, 4.69) is 20.8 Å². The van der Waals surface area contributed by atoms with Gasteiger partial charge in [0, 0.05) is 29.2 Å². The quantitative estimate of drug-likeness (QED) is 0.851. The highest BCUT2D eigenvalue weighted by molar-refractivity contribution is 5.83. The average Bonchev–Trinajstić information content (AvgIpc) is 3.24. The molecule has 0 unspecified atom stereocenters. The van der Waals surface area contributed by atoms with E-state index in [0.717, 1.165) is 5.69 Å². The van der Waals surface area contributed by atoms with Gasteiger partial charge in [0.1, 0.15) is 23.3 Å². The Hall–Kier alpha value is -2.57. The zero-order chi connectivity index (χ0) is 16.6. The number of aromatic nitrogens is 2. The lowest BCUT2D eigenvalue weighted by atomic mass is 10.1. The topological polar surface area (TPSA) is 66.9 Å². The van der Waals surface area contributed by atoms with Gasteiger partial charge in [-0.1, -0.05) is 6.07 Å². The smallest absolute Gasteiger partial charge is 0.242 e. The van der Waals surface area contributed by atoms with Gasteiger partial charge in [-0.15, -0.1) is 0 Å². The van der Waals surface area contributed by atoms with Crippen molar-refractivity contribution in [2.45, 2.75) is 26.2 Å². The standard InChI is InChI=1S/C16H16F2N4O/c1-8-6-14(20-9(2)19-8)21-22-16(23)11-7-10(11)15-12(17)4-3-5-13(15)18/h3-6,10-11H,7H2,1-2H3,(H,22,23)(H,19,20,21)/t10-,11+/m1/s1. The van der Waals surface area contributed by atoms with Crippen LogP contribution in [-0.2, 0) is 4.79 Å². The minimum Gasteiger partial charge on any atom is -0.282 e. The Morgan fingerprint density at radius 2 is 1.91 bits per heavy atom. The Bertz CT molecular complexity index is 725. The van der Waals surface area contributed by atoms with Crippen LogP contribution < -0.4 is 10.9 Å². The summed E-state index contributed by atoms with van der Waals surface area (Å²) in [6.45, 7) is 3.57. The molecule has 120 valence electrons. The molecule has 1 aromatic carbocycles. The van der Waals surface area contributed by atoms with Crippen molar-refractivity contribution in [1.29, 1.82) is 0 Å². The van der Waals surface area contributed by atoms with Gasteiger partial charge < -0.3 is 0 Å². The predicted molar refractivity (Wildman–Crippen MR) is 80.5 cm³/mol. The number of nitrogens with one attached hydrogen (secondary N) is 2. The van der Waals surface area contributed by atoms with Gasteiger partial charge in [0.2, 0.25) is 5.91 Å². The largest absolute Gasteiger partial charge is 0.282 e. The molecule has 1 aromatic heterocycles. The van der Waals surface area contributed by atoms with Crippen LogP contribution in [-0.4, -0.2) is 15.9 Å². The first kappa shape index (κ1) is 15.3. The van der Waals surface area contributed by atoms with Crippen LogP contribution in [0.5, 0.6) is 0 Å². The van der Waals surface area contributed by atoms with E-state index < -0.39 is 23.5 Å². The second-order valence-corrected chi connectivity index (χ2v) is 5.64. The van der Waals surface area contributed by atoms with Crippen molar-refractivity contribution in [2.24, 2.45) is 5.92 Å². The molecule has 1 saturated carbocycles. The Morgan fingerprint density at radius 3 is 2.57 bits per heavy atom. The molecule has 5 nitrogen and oxygen atoms in total. The fourth-order valence-corrected chi connectivity index (χ4v) is 2.67. The van der Waals surface area contributed by atoms with Gasteiger partial charge in [-0.25, -0.2) is 18.7 Å². The molecule has 2 N–H and O–H groups in total. The summed E-state index contributed by atoms with van der Waals surface area (Å²) in [5.74, 6) is -1.35. The zero-order valence-corrected chi connectivity index (χ0v) is 12.7. The van der Waals surface area contributed by atoms with E-state index in [9.17, 15) is 13.6 Å². The lowest BCUT2D eigenvalue weighted by Crippen LogP contribution is -2.31. The van der Waals surface area contributed by atoms with Crippen LogP contribution in [0.1, 0.15) is 29.4 Å². The fraction of sp³-hybridized carbons (Fsp3) is 0.312. The summed E-state index contributed by atoms with van der Waals surface area (Å²) in [5, 5.41) is 0. The molecule has 0 saturated heterocycles. The van der Waals surface area contributed by atoms with Crippen molar-refractivity contribution in [3.05, 3.63) is 53.0 Å². The number of carbonyl (C=O) groups is 1.